The van der Waals surface area contributed by atoms with Gasteiger partial charge >= 0.3 is 0 Å². The third-order valence-corrected chi connectivity index (χ3v) is 3.91. The van der Waals surface area contributed by atoms with E-state index in [1.807, 2.05) is 32.2 Å². The van der Waals surface area contributed by atoms with E-state index in [0.717, 1.165) is 6.42 Å². The molecule has 0 aromatic carbocycles. The van der Waals surface area contributed by atoms with Gasteiger partial charge in [-0.3, -0.25) is 4.79 Å². The summed E-state index contributed by atoms with van der Waals surface area (Å²) in [5.74, 6) is 1.21. The lowest BCUT2D eigenvalue weighted by molar-refractivity contribution is -0.121. The molecule has 0 fully saturated rings. The molecule has 2 heterocycles. The maximum atomic E-state index is 11.8. The minimum atomic E-state index is -0.134. The van der Waals surface area contributed by atoms with E-state index in [9.17, 15) is 4.79 Å². The average molecular weight is 307 g/mol. The maximum Gasteiger partial charge on any atom is 0.227 e. The normalized spacial score (nSPS) is 11.6. The van der Waals surface area contributed by atoms with E-state index in [0.29, 0.717) is 31.1 Å². The third kappa shape index (κ3) is 4.97. The van der Waals surface area contributed by atoms with Crippen molar-refractivity contribution >= 4 is 17.2 Å². The van der Waals surface area contributed by atoms with Crippen LogP contribution in [0.25, 0.3) is 0 Å². The van der Waals surface area contributed by atoms with Crippen molar-refractivity contribution in [1.82, 2.24) is 15.5 Å². The van der Waals surface area contributed by atoms with E-state index in [2.05, 4.69) is 21.5 Å². The Morgan fingerprint density at radius 2 is 2.19 bits per heavy atom. The van der Waals surface area contributed by atoms with Crippen molar-refractivity contribution in [1.29, 1.82) is 0 Å². The van der Waals surface area contributed by atoms with Gasteiger partial charge in [-0.2, -0.15) is 4.98 Å². The highest BCUT2D eigenvalue weighted by atomic mass is 32.1. The van der Waals surface area contributed by atoms with Crippen LogP contribution in [0.15, 0.2) is 22.0 Å². The van der Waals surface area contributed by atoms with Gasteiger partial charge in [0.1, 0.15) is 0 Å². The summed E-state index contributed by atoms with van der Waals surface area (Å²) in [7, 11) is 0. The molecule has 1 amide bonds. The van der Waals surface area contributed by atoms with E-state index >= 15 is 0 Å². The topological polar surface area (TPSA) is 68.0 Å². The van der Waals surface area contributed by atoms with Crippen molar-refractivity contribution in [2.75, 3.05) is 6.54 Å². The number of hydrogen-bond acceptors (Lipinski definition) is 5. The predicted octanol–water partition coefficient (Wildman–Crippen LogP) is 2.72. The summed E-state index contributed by atoms with van der Waals surface area (Å²) in [6.07, 6.45) is 1.72. The number of thiophene rings is 1. The van der Waals surface area contributed by atoms with Crippen LogP contribution in [0.2, 0.25) is 0 Å². The second-order valence-electron chi connectivity index (χ2n) is 5.94. The zero-order chi connectivity index (χ0) is 15.3. The monoisotopic (exact) mass is 307 g/mol. The van der Waals surface area contributed by atoms with E-state index in [-0.39, 0.29) is 11.3 Å². The van der Waals surface area contributed by atoms with Crippen molar-refractivity contribution < 1.29 is 9.32 Å². The fourth-order valence-electron chi connectivity index (χ4n) is 1.75. The molecular formula is C15H21N3O2S. The van der Waals surface area contributed by atoms with Crippen LogP contribution in [0, 0.1) is 0 Å². The molecule has 114 valence electrons. The Balaban J connectivity index is 1.70. The zero-order valence-electron chi connectivity index (χ0n) is 12.7. The Hall–Kier alpha value is -1.69. The van der Waals surface area contributed by atoms with Gasteiger partial charge in [-0.15, -0.1) is 11.3 Å². The van der Waals surface area contributed by atoms with Gasteiger partial charge < -0.3 is 9.84 Å². The van der Waals surface area contributed by atoms with Crippen molar-refractivity contribution in [2.45, 2.75) is 45.4 Å². The third-order valence-electron chi connectivity index (χ3n) is 2.98. The maximum absolute atomic E-state index is 11.8. The van der Waals surface area contributed by atoms with Gasteiger partial charge in [0.05, 0.1) is 0 Å². The fraction of sp³-hybridized carbons (Fsp3) is 0.533. The molecule has 5 nitrogen and oxygen atoms in total. The van der Waals surface area contributed by atoms with Gasteiger partial charge in [0, 0.05) is 29.7 Å². The fourth-order valence-corrected chi connectivity index (χ4v) is 2.46. The first-order chi connectivity index (χ1) is 9.95. The summed E-state index contributed by atoms with van der Waals surface area (Å²) >= 11 is 1.71. The van der Waals surface area contributed by atoms with Crippen LogP contribution in [0.3, 0.4) is 0 Å². The predicted molar refractivity (Wildman–Crippen MR) is 82.4 cm³/mol. The Morgan fingerprint density at radius 1 is 1.38 bits per heavy atom. The Morgan fingerprint density at radius 3 is 2.81 bits per heavy atom. The lowest BCUT2D eigenvalue weighted by Crippen LogP contribution is -2.25. The first-order valence-electron chi connectivity index (χ1n) is 7.07. The molecular weight excluding hydrogens is 286 g/mol. The first-order valence-corrected chi connectivity index (χ1v) is 7.95. The molecule has 0 radical (unpaired) electrons. The molecule has 2 rings (SSSR count). The highest BCUT2D eigenvalue weighted by Gasteiger charge is 2.21. The first kappa shape index (κ1) is 15.7. The number of carbonyl (C=O) groups excluding carboxylic acids is 1. The van der Waals surface area contributed by atoms with Crippen LogP contribution < -0.4 is 5.32 Å². The largest absolute Gasteiger partial charge is 0.356 e. The molecule has 21 heavy (non-hydrogen) atoms. The van der Waals surface area contributed by atoms with Crippen molar-refractivity contribution in [3.8, 4) is 0 Å². The van der Waals surface area contributed by atoms with Gasteiger partial charge in [0.25, 0.3) is 0 Å². The molecule has 2 aromatic heterocycles. The van der Waals surface area contributed by atoms with Gasteiger partial charge in [-0.1, -0.05) is 32.0 Å². The number of aromatic nitrogens is 2. The zero-order valence-corrected chi connectivity index (χ0v) is 13.5. The second kappa shape index (κ2) is 6.85. The summed E-state index contributed by atoms with van der Waals surface area (Å²) in [6, 6.07) is 4.09. The van der Waals surface area contributed by atoms with E-state index in [1.165, 1.54) is 4.88 Å². The Kier molecular flexibility index (Phi) is 5.12. The highest BCUT2D eigenvalue weighted by molar-refractivity contribution is 7.09. The number of hydrogen-bond donors (Lipinski definition) is 1. The van der Waals surface area contributed by atoms with E-state index in [4.69, 9.17) is 4.52 Å². The molecule has 6 heteroatoms. The minimum Gasteiger partial charge on any atom is -0.356 e. The van der Waals surface area contributed by atoms with Crippen LogP contribution in [-0.2, 0) is 23.1 Å². The number of rotatable bonds is 6. The standard InChI is InChI=1S/C15H21N3O2S/c1-15(2,3)14-17-13(20-18-14)7-6-12(19)16-9-8-11-5-4-10-21-11/h4-5,10H,6-9H2,1-3H3,(H,16,19). The number of nitrogens with zero attached hydrogens (tertiary/aromatic N) is 2. The second-order valence-corrected chi connectivity index (χ2v) is 6.97. The molecule has 0 unspecified atom stereocenters. The molecule has 0 aliphatic carbocycles. The highest BCUT2D eigenvalue weighted by Crippen LogP contribution is 2.18. The summed E-state index contributed by atoms with van der Waals surface area (Å²) < 4.78 is 5.17. The number of aryl methyl sites for hydroxylation is 1. The molecule has 0 saturated carbocycles. The molecule has 1 N–H and O–H groups in total. The van der Waals surface area contributed by atoms with Gasteiger partial charge in [0.15, 0.2) is 5.82 Å². The SMILES string of the molecule is CC(C)(C)c1noc(CCC(=O)NCCc2cccs2)n1. The lowest BCUT2D eigenvalue weighted by Gasteiger charge is -2.10. The van der Waals surface area contributed by atoms with Gasteiger partial charge in [0.2, 0.25) is 11.8 Å². The van der Waals surface area contributed by atoms with Crippen LogP contribution >= 0.6 is 11.3 Å². The molecule has 0 atom stereocenters. The van der Waals surface area contributed by atoms with Crippen molar-refractivity contribution in [3.63, 3.8) is 0 Å². The van der Waals surface area contributed by atoms with Crippen LogP contribution in [-0.4, -0.2) is 22.6 Å². The van der Waals surface area contributed by atoms with Crippen molar-refractivity contribution in [3.05, 3.63) is 34.1 Å². The van der Waals surface area contributed by atoms with E-state index < -0.39 is 0 Å². The molecule has 0 bridgehead atoms. The average Bonchev–Trinajstić information content (AvgIpc) is 3.06. The number of nitrogens with one attached hydrogen (secondary N) is 1. The summed E-state index contributed by atoms with van der Waals surface area (Å²) in [6.45, 7) is 6.74. The smallest absolute Gasteiger partial charge is 0.227 e. The van der Waals surface area contributed by atoms with Crippen LogP contribution in [0.4, 0.5) is 0 Å². The van der Waals surface area contributed by atoms with Crippen molar-refractivity contribution in [2.24, 2.45) is 0 Å². The molecule has 2 aromatic rings. The number of amides is 1. The molecule has 0 saturated heterocycles. The van der Waals surface area contributed by atoms with Gasteiger partial charge in [-0.25, -0.2) is 0 Å². The van der Waals surface area contributed by atoms with E-state index in [1.54, 1.807) is 11.3 Å². The minimum absolute atomic E-state index is 0.0158. The summed E-state index contributed by atoms with van der Waals surface area (Å²) in [5.41, 5.74) is -0.134. The Labute approximate surface area is 128 Å². The van der Waals surface area contributed by atoms with Gasteiger partial charge in [-0.05, 0) is 17.9 Å². The summed E-state index contributed by atoms with van der Waals surface area (Å²) in [5, 5.41) is 8.89. The number of carbonyl (C=O) groups is 1. The van der Waals surface area contributed by atoms with Crippen LogP contribution in [0.1, 0.15) is 43.8 Å². The Bertz CT molecular complexity index is 570. The quantitative estimate of drug-likeness (QED) is 0.891. The molecule has 0 aliphatic rings. The molecule has 0 spiro atoms. The molecule has 0 aliphatic heterocycles. The summed E-state index contributed by atoms with van der Waals surface area (Å²) in [4.78, 5) is 17.3. The van der Waals surface area contributed by atoms with Crippen LogP contribution in [0.5, 0.6) is 0 Å². The lowest BCUT2D eigenvalue weighted by atomic mass is 9.96.